The number of hydrogen-bond acceptors (Lipinski definition) is 4. The molecule has 0 fully saturated rings. The van der Waals surface area contributed by atoms with Crippen molar-refractivity contribution in [1.29, 1.82) is 0 Å². The summed E-state index contributed by atoms with van der Waals surface area (Å²) < 4.78 is 13.2. The fourth-order valence-corrected chi connectivity index (χ4v) is 1.84. The lowest BCUT2D eigenvalue weighted by molar-refractivity contribution is 0.621. The summed E-state index contributed by atoms with van der Waals surface area (Å²) >= 11 is 5.93. The summed E-state index contributed by atoms with van der Waals surface area (Å²) in [7, 11) is 0. The highest BCUT2D eigenvalue weighted by molar-refractivity contribution is 6.33. The Kier molecular flexibility index (Phi) is 3.85. The number of aryl methyl sites for hydroxylation is 2. The van der Waals surface area contributed by atoms with Gasteiger partial charge in [0.2, 0.25) is 0 Å². The van der Waals surface area contributed by atoms with Gasteiger partial charge >= 0.3 is 0 Å². The maximum atomic E-state index is 13.2. The smallest absolute Gasteiger partial charge is 0.142 e. The molecular weight excluding hydrogens is 267 g/mol. The Balaban J connectivity index is 2.45. The average molecular weight is 279 g/mol. The van der Waals surface area contributed by atoms with Gasteiger partial charge < -0.3 is 0 Å². The highest BCUT2D eigenvalue weighted by Crippen LogP contribution is 2.20. The maximum Gasteiger partial charge on any atom is 0.142 e. The monoisotopic (exact) mass is 278 g/mol. The van der Waals surface area contributed by atoms with Crippen LogP contribution in [0.2, 0.25) is 5.15 Å². The number of aliphatic imine (C=N–C) groups is 1. The molecule has 98 valence electrons. The topological polar surface area (TPSA) is 51.0 Å². The molecule has 4 nitrogen and oxygen atoms in total. The minimum Gasteiger partial charge on any atom is -0.249 e. The molecule has 0 radical (unpaired) electrons. The van der Waals surface area contributed by atoms with E-state index in [0.717, 1.165) is 11.9 Å². The molecular formula is C13H12ClFN4. The van der Waals surface area contributed by atoms with Gasteiger partial charge in [-0.3, -0.25) is 0 Å². The van der Waals surface area contributed by atoms with Crippen molar-refractivity contribution in [2.45, 2.75) is 20.8 Å². The maximum absolute atomic E-state index is 13.2. The number of hydrogen-bond donors (Lipinski definition) is 0. The quantitative estimate of drug-likeness (QED) is 0.625. The number of pyridine rings is 1. The van der Waals surface area contributed by atoms with Gasteiger partial charge in [-0.1, -0.05) is 11.6 Å². The molecule has 0 atom stereocenters. The van der Waals surface area contributed by atoms with Gasteiger partial charge in [-0.15, -0.1) is 0 Å². The van der Waals surface area contributed by atoms with Crippen molar-refractivity contribution in [1.82, 2.24) is 15.0 Å². The molecule has 2 aromatic heterocycles. The highest BCUT2D eigenvalue weighted by atomic mass is 35.5. The second-order valence-corrected chi connectivity index (χ2v) is 4.43. The van der Waals surface area contributed by atoms with Gasteiger partial charge in [-0.2, -0.15) is 0 Å². The van der Waals surface area contributed by atoms with Gasteiger partial charge in [0, 0.05) is 11.3 Å². The van der Waals surface area contributed by atoms with Crippen LogP contribution in [0.15, 0.2) is 23.5 Å². The first-order valence-corrected chi connectivity index (χ1v) is 6.02. The fourth-order valence-electron chi connectivity index (χ4n) is 1.60. The van der Waals surface area contributed by atoms with E-state index >= 15 is 0 Å². The molecule has 0 saturated heterocycles. The fraction of sp³-hybridized carbons (Fsp3) is 0.231. The van der Waals surface area contributed by atoms with E-state index in [2.05, 4.69) is 19.9 Å². The molecule has 2 rings (SSSR count). The van der Waals surface area contributed by atoms with Crippen LogP contribution >= 0.6 is 11.6 Å². The molecule has 0 unspecified atom stereocenters. The van der Waals surface area contributed by atoms with Crippen molar-refractivity contribution < 1.29 is 4.39 Å². The molecule has 0 aliphatic carbocycles. The van der Waals surface area contributed by atoms with Gasteiger partial charge in [0.25, 0.3) is 0 Å². The minimum atomic E-state index is -0.453. The standard InChI is InChI=1S/C13H12ClFN4/c1-7(11-4-10(15)5-17-13(11)14)19-12-6-16-9(3)18-8(12)2/h4-6H,1-3H3. The van der Waals surface area contributed by atoms with Crippen molar-refractivity contribution in [3.8, 4) is 0 Å². The molecule has 0 spiro atoms. The van der Waals surface area contributed by atoms with E-state index in [-0.39, 0.29) is 5.15 Å². The molecule has 0 amide bonds. The van der Waals surface area contributed by atoms with Crippen LogP contribution in [0.4, 0.5) is 10.1 Å². The molecule has 0 bridgehead atoms. The Hall–Kier alpha value is -1.88. The molecule has 0 aliphatic rings. The van der Waals surface area contributed by atoms with Crippen molar-refractivity contribution in [3.05, 3.63) is 46.5 Å². The third kappa shape index (κ3) is 3.12. The van der Waals surface area contributed by atoms with Crippen LogP contribution in [-0.4, -0.2) is 20.7 Å². The number of rotatable bonds is 2. The summed E-state index contributed by atoms with van der Waals surface area (Å²) in [5, 5.41) is 0.216. The van der Waals surface area contributed by atoms with Gasteiger partial charge in [0.05, 0.1) is 18.1 Å². The number of aromatic nitrogens is 3. The van der Waals surface area contributed by atoms with Crippen LogP contribution in [0.5, 0.6) is 0 Å². The van der Waals surface area contributed by atoms with Crippen LogP contribution in [0, 0.1) is 19.7 Å². The zero-order valence-electron chi connectivity index (χ0n) is 10.8. The Bertz CT molecular complexity index is 655. The Morgan fingerprint density at radius 3 is 2.68 bits per heavy atom. The van der Waals surface area contributed by atoms with E-state index in [4.69, 9.17) is 11.6 Å². The molecule has 0 N–H and O–H groups in total. The van der Waals surface area contributed by atoms with Crippen molar-refractivity contribution in [2.24, 2.45) is 4.99 Å². The molecule has 6 heteroatoms. The first kappa shape index (κ1) is 13.5. The lowest BCUT2D eigenvalue weighted by Gasteiger charge is -2.05. The predicted molar refractivity (Wildman–Crippen MR) is 72.6 cm³/mol. The molecule has 0 aliphatic heterocycles. The SMILES string of the molecule is CC(=Nc1cnc(C)nc1C)c1cc(F)cnc1Cl. The third-order valence-electron chi connectivity index (χ3n) is 2.56. The minimum absolute atomic E-state index is 0.216. The Morgan fingerprint density at radius 2 is 2.00 bits per heavy atom. The van der Waals surface area contributed by atoms with Gasteiger partial charge in [-0.05, 0) is 26.8 Å². The second-order valence-electron chi connectivity index (χ2n) is 4.08. The molecule has 2 heterocycles. The van der Waals surface area contributed by atoms with Crippen molar-refractivity contribution in [2.75, 3.05) is 0 Å². The first-order valence-electron chi connectivity index (χ1n) is 5.64. The van der Waals surface area contributed by atoms with Gasteiger partial charge in [0.15, 0.2) is 0 Å². The zero-order chi connectivity index (χ0) is 14.0. The van der Waals surface area contributed by atoms with Crippen LogP contribution in [0.1, 0.15) is 24.0 Å². The van der Waals surface area contributed by atoms with Crippen LogP contribution in [0.3, 0.4) is 0 Å². The van der Waals surface area contributed by atoms with Crippen molar-refractivity contribution in [3.63, 3.8) is 0 Å². The normalized spacial score (nSPS) is 11.7. The molecule has 2 aromatic rings. The van der Waals surface area contributed by atoms with Crippen molar-refractivity contribution >= 4 is 23.0 Å². The largest absolute Gasteiger partial charge is 0.249 e. The summed E-state index contributed by atoms with van der Waals surface area (Å²) in [6, 6.07) is 1.30. The van der Waals surface area contributed by atoms with Crippen LogP contribution in [-0.2, 0) is 0 Å². The lowest BCUT2D eigenvalue weighted by atomic mass is 10.2. The van der Waals surface area contributed by atoms with E-state index in [1.807, 2.05) is 6.92 Å². The number of nitrogens with zero attached hydrogens (tertiary/aromatic N) is 4. The summed E-state index contributed by atoms with van der Waals surface area (Å²) in [5.74, 6) is 0.227. The highest BCUT2D eigenvalue weighted by Gasteiger charge is 2.08. The Morgan fingerprint density at radius 1 is 1.26 bits per heavy atom. The van der Waals surface area contributed by atoms with E-state index < -0.39 is 5.82 Å². The van der Waals surface area contributed by atoms with E-state index in [1.54, 1.807) is 20.0 Å². The number of halogens is 2. The molecule has 19 heavy (non-hydrogen) atoms. The summed E-state index contributed by atoms with van der Waals surface area (Å²) in [5.41, 5.74) is 2.41. The summed E-state index contributed by atoms with van der Waals surface area (Å²) in [6.45, 7) is 5.38. The van der Waals surface area contributed by atoms with Gasteiger partial charge in [-0.25, -0.2) is 24.3 Å². The van der Waals surface area contributed by atoms with E-state index in [9.17, 15) is 4.39 Å². The molecule has 0 aromatic carbocycles. The average Bonchev–Trinajstić information content (AvgIpc) is 2.35. The zero-order valence-corrected chi connectivity index (χ0v) is 11.5. The summed E-state index contributed by atoms with van der Waals surface area (Å²) in [4.78, 5) is 16.4. The van der Waals surface area contributed by atoms with Crippen LogP contribution in [0.25, 0.3) is 0 Å². The summed E-state index contributed by atoms with van der Waals surface area (Å²) in [6.07, 6.45) is 2.70. The lowest BCUT2D eigenvalue weighted by Crippen LogP contribution is -1.99. The predicted octanol–water partition coefficient (Wildman–Crippen LogP) is 3.42. The van der Waals surface area contributed by atoms with E-state index in [0.29, 0.717) is 22.8 Å². The Labute approximate surface area is 115 Å². The van der Waals surface area contributed by atoms with Gasteiger partial charge in [0.1, 0.15) is 22.5 Å². The molecule has 0 saturated carbocycles. The first-order chi connectivity index (χ1) is 8.97. The third-order valence-corrected chi connectivity index (χ3v) is 2.86. The van der Waals surface area contributed by atoms with Crippen LogP contribution < -0.4 is 0 Å². The second kappa shape index (κ2) is 5.40. The van der Waals surface area contributed by atoms with E-state index in [1.165, 1.54) is 6.07 Å².